The Morgan fingerprint density at radius 2 is 1.67 bits per heavy atom. The molecule has 43 heavy (non-hydrogen) atoms. The van der Waals surface area contributed by atoms with Gasteiger partial charge in [0.15, 0.2) is 15.8 Å². The van der Waals surface area contributed by atoms with Crippen molar-refractivity contribution >= 4 is 56.5 Å². The molecule has 2 heterocycles. The van der Waals surface area contributed by atoms with Gasteiger partial charge in [-0.2, -0.15) is 0 Å². The van der Waals surface area contributed by atoms with Crippen LogP contribution in [-0.4, -0.2) is 41.2 Å². The molecule has 5 aromatic rings. The Labute approximate surface area is 256 Å². The second-order valence-electron chi connectivity index (χ2n) is 9.93. The second kappa shape index (κ2) is 11.9. The van der Waals surface area contributed by atoms with E-state index in [2.05, 4.69) is 34.5 Å². The molecule has 1 amide bonds. The van der Waals surface area contributed by atoms with Gasteiger partial charge in [-0.15, -0.1) is 10.2 Å². The summed E-state index contributed by atoms with van der Waals surface area (Å²) >= 11 is 2.75. The summed E-state index contributed by atoms with van der Waals surface area (Å²) in [5.41, 5.74) is 3.11. The Balaban J connectivity index is 1.38. The maximum Gasteiger partial charge on any atom is 0.301 e. The van der Waals surface area contributed by atoms with Gasteiger partial charge in [-0.1, -0.05) is 95.4 Å². The molecule has 0 aliphatic carbocycles. The smallest absolute Gasteiger partial charge is 0.301 e. The molecule has 6 rings (SSSR count). The molecule has 1 fully saturated rings. The number of nitrogens with zero attached hydrogens (tertiary/aromatic N) is 3. The van der Waals surface area contributed by atoms with E-state index < -0.39 is 17.7 Å². The summed E-state index contributed by atoms with van der Waals surface area (Å²) in [6.07, 6.45) is 0. The molecule has 216 valence electrons. The van der Waals surface area contributed by atoms with Crippen LogP contribution in [0.5, 0.6) is 11.5 Å². The van der Waals surface area contributed by atoms with Crippen molar-refractivity contribution in [3.8, 4) is 11.5 Å². The van der Waals surface area contributed by atoms with Crippen molar-refractivity contribution in [1.82, 2.24) is 10.2 Å². The predicted molar refractivity (Wildman–Crippen MR) is 169 cm³/mol. The first kappa shape index (κ1) is 28.4. The highest BCUT2D eigenvalue weighted by Gasteiger charge is 2.48. The van der Waals surface area contributed by atoms with Gasteiger partial charge in [0.05, 0.1) is 25.8 Å². The molecule has 8 nitrogen and oxygen atoms in total. The fourth-order valence-electron chi connectivity index (χ4n) is 5.15. The summed E-state index contributed by atoms with van der Waals surface area (Å²) in [5.74, 6) is -0.397. The number of methoxy groups -OCH3 is 2. The molecule has 1 saturated heterocycles. The van der Waals surface area contributed by atoms with Crippen molar-refractivity contribution in [2.75, 3.05) is 19.1 Å². The van der Waals surface area contributed by atoms with E-state index >= 15 is 0 Å². The quantitative estimate of drug-likeness (QED) is 0.0664. The predicted octanol–water partition coefficient (Wildman–Crippen LogP) is 6.94. The normalized spacial score (nSPS) is 16.2. The zero-order valence-electron chi connectivity index (χ0n) is 23.6. The molecule has 0 bridgehead atoms. The Kier molecular flexibility index (Phi) is 7.88. The highest BCUT2D eigenvalue weighted by molar-refractivity contribution is 8.00. The minimum absolute atomic E-state index is 0.0405. The van der Waals surface area contributed by atoms with Gasteiger partial charge in [0.2, 0.25) is 5.13 Å². The number of rotatable bonds is 8. The van der Waals surface area contributed by atoms with Crippen molar-refractivity contribution in [3.63, 3.8) is 0 Å². The topological polar surface area (TPSA) is 102 Å². The molecule has 4 aromatic carbocycles. The number of benzene rings is 4. The van der Waals surface area contributed by atoms with E-state index in [-0.39, 0.29) is 16.5 Å². The van der Waals surface area contributed by atoms with Gasteiger partial charge in [-0.25, -0.2) is 0 Å². The minimum Gasteiger partial charge on any atom is -0.507 e. The van der Waals surface area contributed by atoms with E-state index in [9.17, 15) is 14.7 Å². The zero-order chi connectivity index (χ0) is 30.1. The van der Waals surface area contributed by atoms with Crippen LogP contribution < -0.4 is 14.4 Å². The Bertz CT molecular complexity index is 1880. The van der Waals surface area contributed by atoms with Gasteiger partial charge in [0.25, 0.3) is 5.78 Å². The van der Waals surface area contributed by atoms with E-state index in [1.165, 1.54) is 47.6 Å². The monoisotopic (exact) mass is 609 g/mol. The first-order valence-corrected chi connectivity index (χ1v) is 15.2. The number of thioether (sulfide) groups is 1. The molecule has 0 spiro atoms. The maximum atomic E-state index is 13.6. The van der Waals surface area contributed by atoms with Gasteiger partial charge in [-0.3, -0.25) is 14.5 Å². The maximum absolute atomic E-state index is 13.6. The van der Waals surface area contributed by atoms with E-state index in [1.54, 1.807) is 18.2 Å². The molecule has 0 radical (unpaired) electrons. The van der Waals surface area contributed by atoms with Crippen LogP contribution >= 0.6 is 23.1 Å². The largest absolute Gasteiger partial charge is 0.507 e. The summed E-state index contributed by atoms with van der Waals surface area (Å²) < 4.78 is 11.4. The third-order valence-electron chi connectivity index (χ3n) is 7.33. The summed E-state index contributed by atoms with van der Waals surface area (Å²) in [6, 6.07) is 25.8. The van der Waals surface area contributed by atoms with Gasteiger partial charge < -0.3 is 14.6 Å². The van der Waals surface area contributed by atoms with Crippen LogP contribution in [0, 0.1) is 6.92 Å². The van der Waals surface area contributed by atoms with Crippen molar-refractivity contribution in [2.45, 2.75) is 23.1 Å². The molecule has 1 N–H and O–H groups in total. The number of carbonyl (C=O) groups is 2. The number of hydrogen-bond acceptors (Lipinski definition) is 9. The van der Waals surface area contributed by atoms with Gasteiger partial charge in [-0.05, 0) is 47.0 Å². The molecule has 0 saturated carbocycles. The number of ether oxygens (including phenoxy) is 2. The molecule has 0 unspecified atom stereocenters. The highest BCUT2D eigenvalue weighted by Crippen LogP contribution is 2.45. The summed E-state index contributed by atoms with van der Waals surface area (Å²) in [6.45, 7) is 1.95. The third kappa shape index (κ3) is 5.35. The lowest BCUT2D eigenvalue weighted by Crippen LogP contribution is -2.29. The number of fused-ring (bicyclic) bond motifs is 1. The molecule has 10 heteroatoms. The third-order valence-corrected chi connectivity index (χ3v) is 9.43. The Hall–Kier alpha value is -4.67. The summed E-state index contributed by atoms with van der Waals surface area (Å²) in [4.78, 5) is 28.5. The van der Waals surface area contributed by atoms with Gasteiger partial charge >= 0.3 is 5.91 Å². The van der Waals surface area contributed by atoms with E-state index in [0.29, 0.717) is 32.7 Å². The van der Waals surface area contributed by atoms with Crippen LogP contribution in [0.3, 0.4) is 0 Å². The van der Waals surface area contributed by atoms with E-state index in [1.807, 2.05) is 49.4 Å². The Morgan fingerprint density at radius 3 is 2.44 bits per heavy atom. The van der Waals surface area contributed by atoms with Crippen LogP contribution in [0.4, 0.5) is 5.13 Å². The lowest BCUT2D eigenvalue weighted by atomic mass is 9.95. The number of aromatic nitrogens is 2. The number of aryl methyl sites for hydroxylation is 1. The average Bonchev–Trinajstić information content (AvgIpc) is 3.61. The SMILES string of the molecule is COc1ccc(C(O)=C2C(=O)C(=O)N(c3nnc(SCc4cccc5ccccc45)s3)[C@H]2c2ccc(C)cc2)cc1OC. The number of ketones is 1. The van der Waals surface area contributed by atoms with E-state index in [0.717, 1.165) is 16.5 Å². The first-order chi connectivity index (χ1) is 20.9. The number of hydrogen-bond donors (Lipinski definition) is 1. The van der Waals surface area contributed by atoms with Crippen LogP contribution in [0.15, 0.2) is 94.8 Å². The minimum atomic E-state index is -0.905. The fraction of sp³-hybridized carbons (Fsp3) is 0.152. The Morgan fingerprint density at radius 1 is 0.930 bits per heavy atom. The van der Waals surface area contributed by atoms with E-state index in [4.69, 9.17) is 9.47 Å². The number of carbonyl (C=O) groups excluding carboxylic acids is 2. The number of aliphatic hydroxyl groups excluding tert-OH is 1. The number of anilines is 1. The molecule has 1 aliphatic heterocycles. The average molecular weight is 610 g/mol. The number of aliphatic hydroxyl groups is 1. The molecule has 1 atom stereocenters. The number of Topliss-reactive ketones (excluding diaryl/α,β-unsaturated/α-hetero) is 1. The van der Waals surface area contributed by atoms with Gasteiger partial charge in [0.1, 0.15) is 5.76 Å². The summed E-state index contributed by atoms with van der Waals surface area (Å²) in [7, 11) is 3.00. The van der Waals surface area contributed by atoms with Crippen LogP contribution in [-0.2, 0) is 15.3 Å². The lowest BCUT2D eigenvalue weighted by Gasteiger charge is -2.22. The second-order valence-corrected chi connectivity index (χ2v) is 12.1. The van der Waals surface area contributed by atoms with Crippen molar-refractivity contribution in [2.24, 2.45) is 0 Å². The zero-order valence-corrected chi connectivity index (χ0v) is 25.2. The highest BCUT2D eigenvalue weighted by atomic mass is 32.2. The fourth-order valence-corrected chi connectivity index (χ4v) is 7.02. The molecule has 1 aromatic heterocycles. The van der Waals surface area contributed by atoms with Crippen molar-refractivity contribution < 1.29 is 24.2 Å². The van der Waals surface area contributed by atoms with Crippen molar-refractivity contribution in [1.29, 1.82) is 0 Å². The van der Waals surface area contributed by atoms with Crippen LogP contribution in [0.2, 0.25) is 0 Å². The molecular formula is C33H27N3O5S2. The first-order valence-electron chi connectivity index (χ1n) is 13.4. The lowest BCUT2D eigenvalue weighted by molar-refractivity contribution is -0.132. The van der Waals surface area contributed by atoms with Crippen LogP contribution in [0.1, 0.15) is 28.3 Å². The number of amides is 1. The van der Waals surface area contributed by atoms with Gasteiger partial charge in [0, 0.05) is 11.3 Å². The molecular weight excluding hydrogens is 583 g/mol. The summed E-state index contributed by atoms with van der Waals surface area (Å²) in [5, 5.41) is 22.8. The van der Waals surface area contributed by atoms with Crippen LogP contribution in [0.25, 0.3) is 16.5 Å². The molecule has 1 aliphatic rings. The standard InChI is InChI=1S/C33H27N3O5S2/c1-19-11-13-21(14-12-19)28-27(29(37)22-15-16-25(40-2)26(17-22)41-3)30(38)31(39)36(28)32-34-35-33(43-32)42-18-23-9-6-8-20-7-4-5-10-24(20)23/h4-17,28,37H,18H2,1-3H3/t28-/m0/s1. The van der Waals surface area contributed by atoms with Crippen molar-refractivity contribution in [3.05, 3.63) is 113 Å².